The van der Waals surface area contributed by atoms with Gasteiger partial charge < -0.3 is 10.5 Å². The molecular weight excluding hydrogens is 272 g/mol. The SMILES string of the molecule is COc1ccc2c(c1)[C@@]1(C)C(C)CN(CC3CC3)[C@H](C2)[C@@H]1N. The zero-order chi connectivity index (χ0) is 15.5. The minimum atomic E-state index is 0.0623. The predicted molar refractivity (Wildman–Crippen MR) is 89.3 cm³/mol. The Balaban J connectivity index is 1.75. The Morgan fingerprint density at radius 3 is 2.82 bits per heavy atom. The van der Waals surface area contributed by atoms with Crippen LogP contribution in [0.2, 0.25) is 0 Å². The molecule has 0 radical (unpaired) electrons. The molecule has 22 heavy (non-hydrogen) atoms. The van der Waals surface area contributed by atoms with Crippen LogP contribution in [0.5, 0.6) is 5.75 Å². The van der Waals surface area contributed by atoms with Crippen LogP contribution in [0.15, 0.2) is 18.2 Å². The van der Waals surface area contributed by atoms with Crippen LogP contribution in [-0.2, 0) is 11.8 Å². The Morgan fingerprint density at radius 2 is 2.14 bits per heavy atom. The molecule has 0 aromatic heterocycles. The van der Waals surface area contributed by atoms with Crippen molar-refractivity contribution >= 4 is 0 Å². The molecule has 3 aliphatic rings. The van der Waals surface area contributed by atoms with Crippen LogP contribution < -0.4 is 10.5 Å². The fourth-order valence-electron chi connectivity index (χ4n) is 4.76. The van der Waals surface area contributed by atoms with Gasteiger partial charge in [-0.2, -0.15) is 0 Å². The Bertz CT molecular complexity index is 583. The maximum Gasteiger partial charge on any atom is 0.119 e. The number of fused-ring (bicyclic) bond motifs is 4. The summed E-state index contributed by atoms with van der Waals surface area (Å²) in [5, 5.41) is 0. The summed E-state index contributed by atoms with van der Waals surface area (Å²) >= 11 is 0. The number of nitrogens with zero attached hydrogens (tertiary/aromatic N) is 1. The van der Waals surface area contributed by atoms with Crippen molar-refractivity contribution in [1.29, 1.82) is 0 Å². The summed E-state index contributed by atoms with van der Waals surface area (Å²) in [4.78, 5) is 2.70. The van der Waals surface area contributed by atoms with E-state index in [1.165, 1.54) is 37.1 Å². The highest BCUT2D eigenvalue weighted by molar-refractivity contribution is 5.46. The van der Waals surface area contributed by atoms with Gasteiger partial charge in [0.05, 0.1) is 7.11 Å². The predicted octanol–water partition coefficient (Wildman–Crippen LogP) is 2.57. The van der Waals surface area contributed by atoms with E-state index >= 15 is 0 Å². The lowest BCUT2D eigenvalue weighted by Gasteiger charge is -2.57. The standard InChI is InChI=1S/C19H28N2O/c1-12-10-21(11-13-4-5-13)17-8-14-6-7-15(22-3)9-16(14)19(12,2)18(17)20/h6-7,9,12-13,17-18H,4-5,8,10-11,20H2,1-3H3/t12?,17-,18+,19-/m1/s1. The number of hydrogen-bond donors (Lipinski definition) is 1. The highest BCUT2D eigenvalue weighted by Gasteiger charge is 2.53. The fraction of sp³-hybridized carbons (Fsp3) is 0.684. The van der Waals surface area contributed by atoms with Gasteiger partial charge in [0.25, 0.3) is 0 Å². The molecule has 3 heteroatoms. The summed E-state index contributed by atoms with van der Waals surface area (Å²) < 4.78 is 5.46. The van der Waals surface area contributed by atoms with Crippen molar-refractivity contribution in [2.45, 2.75) is 50.6 Å². The smallest absolute Gasteiger partial charge is 0.119 e. The maximum absolute atomic E-state index is 6.82. The molecule has 1 heterocycles. The van der Waals surface area contributed by atoms with Crippen molar-refractivity contribution < 1.29 is 4.74 Å². The van der Waals surface area contributed by atoms with Crippen molar-refractivity contribution in [3.8, 4) is 5.75 Å². The first-order chi connectivity index (χ1) is 10.5. The van der Waals surface area contributed by atoms with Gasteiger partial charge in [0.1, 0.15) is 5.75 Å². The van der Waals surface area contributed by atoms with Crippen LogP contribution in [0.4, 0.5) is 0 Å². The Hall–Kier alpha value is -1.06. The van der Waals surface area contributed by atoms with Gasteiger partial charge in [0.15, 0.2) is 0 Å². The summed E-state index contributed by atoms with van der Waals surface area (Å²) in [5.74, 6) is 2.46. The largest absolute Gasteiger partial charge is 0.497 e. The van der Waals surface area contributed by atoms with Gasteiger partial charge in [-0.15, -0.1) is 0 Å². The molecule has 1 unspecified atom stereocenters. The molecule has 1 aromatic carbocycles. The minimum Gasteiger partial charge on any atom is -0.497 e. The lowest BCUT2D eigenvalue weighted by molar-refractivity contribution is 0.0193. The Kier molecular flexibility index (Phi) is 3.28. The highest BCUT2D eigenvalue weighted by atomic mass is 16.5. The van der Waals surface area contributed by atoms with E-state index in [0.29, 0.717) is 12.0 Å². The summed E-state index contributed by atoms with van der Waals surface area (Å²) in [7, 11) is 1.75. The number of nitrogens with two attached hydrogens (primary N) is 1. The number of hydrogen-bond acceptors (Lipinski definition) is 3. The van der Waals surface area contributed by atoms with E-state index in [-0.39, 0.29) is 11.5 Å². The van der Waals surface area contributed by atoms with Crippen molar-refractivity contribution in [3.05, 3.63) is 29.3 Å². The van der Waals surface area contributed by atoms with E-state index in [0.717, 1.165) is 18.1 Å². The molecule has 0 spiro atoms. The quantitative estimate of drug-likeness (QED) is 0.932. The van der Waals surface area contributed by atoms with Gasteiger partial charge in [0.2, 0.25) is 0 Å². The molecule has 4 rings (SSSR count). The van der Waals surface area contributed by atoms with Crippen LogP contribution in [0.1, 0.15) is 37.8 Å². The monoisotopic (exact) mass is 300 g/mol. The van der Waals surface area contributed by atoms with E-state index in [4.69, 9.17) is 10.5 Å². The highest BCUT2D eigenvalue weighted by Crippen LogP contribution is 2.48. The summed E-state index contributed by atoms with van der Waals surface area (Å²) in [5.41, 5.74) is 9.78. The van der Waals surface area contributed by atoms with Gasteiger partial charge in [-0.05, 0) is 54.4 Å². The normalized spacial score (nSPS) is 37.7. The second-order valence-electron chi connectivity index (χ2n) is 7.90. The van der Waals surface area contributed by atoms with Gasteiger partial charge in [-0.25, -0.2) is 0 Å². The molecule has 1 aliphatic heterocycles. The van der Waals surface area contributed by atoms with Gasteiger partial charge in [0, 0.05) is 30.6 Å². The summed E-state index contributed by atoms with van der Waals surface area (Å²) in [6, 6.07) is 7.32. The molecule has 120 valence electrons. The molecule has 1 saturated heterocycles. The molecule has 4 atom stereocenters. The zero-order valence-corrected chi connectivity index (χ0v) is 14.0. The molecule has 2 bridgehead atoms. The Morgan fingerprint density at radius 1 is 1.36 bits per heavy atom. The van der Waals surface area contributed by atoms with E-state index in [2.05, 4.69) is 36.9 Å². The molecule has 3 nitrogen and oxygen atoms in total. The average Bonchev–Trinajstić information content (AvgIpc) is 3.32. The van der Waals surface area contributed by atoms with Gasteiger partial charge in [-0.1, -0.05) is 19.9 Å². The van der Waals surface area contributed by atoms with E-state index in [1.54, 1.807) is 7.11 Å². The van der Waals surface area contributed by atoms with E-state index < -0.39 is 0 Å². The van der Waals surface area contributed by atoms with E-state index in [1.807, 2.05) is 0 Å². The van der Waals surface area contributed by atoms with Crippen LogP contribution >= 0.6 is 0 Å². The van der Waals surface area contributed by atoms with Crippen LogP contribution in [-0.4, -0.2) is 37.2 Å². The average molecular weight is 300 g/mol. The van der Waals surface area contributed by atoms with Crippen molar-refractivity contribution in [3.63, 3.8) is 0 Å². The van der Waals surface area contributed by atoms with Crippen molar-refractivity contribution in [2.24, 2.45) is 17.6 Å². The van der Waals surface area contributed by atoms with Gasteiger partial charge in [-0.3, -0.25) is 4.90 Å². The number of benzene rings is 1. The second kappa shape index (κ2) is 4.97. The number of piperidine rings is 1. The molecule has 1 saturated carbocycles. The molecule has 1 aromatic rings. The molecular formula is C19H28N2O. The zero-order valence-electron chi connectivity index (χ0n) is 14.0. The maximum atomic E-state index is 6.82. The minimum absolute atomic E-state index is 0.0623. The van der Waals surface area contributed by atoms with Crippen LogP contribution in [0.25, 0.3) is 0 Å². The van der Waals surface area contributed by atoms with E-state index in [9.17, 15) is 0 Å². The molecule has 2 fully saturated rings. The first kappa shape index (κ1) is 14.5. The molecule has 0 amide bonds. The Labute approximate surface area is 133 Å². The third-order valence-corrected chi connectivity index (χ3v) is 6.62. The summed E-state index contributed by atoms with van der Waals surface area (Å²) in [6.07, 6.45) is 3.92. The number of methoxy groups -OCH3 is 1. The lowest BCUT2D eigenvalue weighted by atomic mass is 9.57. The van der Waals surface area contributed by atoms with Crippen molar-refractivity contribution in [1.82, 2.24) is 4.90 Å². The third kappa shape index (κ3) is 2.02. The topological polar surface area (TPSA) is 38.5 Å². The van der Waals surface area contributed by atoms with Crippen LogP contribution in [0.3, 0.4) is 0 Å². The fourth-order valence-corrected chi connectivity index (χ4v) is 4.76. The number of rotatable bonds is 3. The van der Waals surface area contributed by atoms with Gasteiger partial charge >= 0.3 is 0 Å². The van der Waals surface area contributed by atoms with Crippen LogP contribution in [0, 0.1) is 11.8 Å². The first-order valence-electron chi connectivity index (χ1n) is 8.71. The number of likely N-dealkylation sites (tertiary alicyclic amines) is 1. The first-order valence-corrected chi connectivity index (χ1v) is 8.71. The molecule has 2 N–H and O–H groups in total. The third-order valence-electron chi connectivity index (χ3n) is 6.62. The second-order valence-corrected chi connectivity index (χ2v) is 7.90. The summed E-state index contributed by atoms with van der Waals surface area (Å²) in [6.45, 7) is 7.19. The lowest BCUT2D eigenvalue weighted by Crippen LogP contribution is -2.69. The number of ether oxygens (including phenoxy) is 1. The van der Waals surface area contributed by atoms with Crippen molar-refractivity contribution in [2.75, 3.05) is 20.2 Å². The molecule has 2 aliphatic carbocycles.